The van der Waals surface area contributed by atoms with Gasteiger partial charge in [0.1, 0.15) is 5.82 Å². The lowest BCUT2D eigenvalue weighted by atomic mass is 10.2. The number of hydrogen-bond acceptors (Lipinski definition) is 3. The monoisotopic (exact) mass is 305 g/mol. The second kappa shape index (κ2) is 6.16. The van der Waals surface area contributed by atoms with E-state index in [0.29, 0.717) is 11.2 Å². The van der Waals surface area contributed by atoms with Gasteiger partial charge in [-0.2, -0.15) is 0 Å². The molecule has 1 unspecified atom stereocenters. The van der Waals surface area contributed by atoms with Crippen molar-refractivity contribution in [1.29, 1.82) is 0 Å². The Morgan fingerprint density at radius 1 is 1.29 bits per heavy atom. The molecule has 0 amide bonds. The topological polar surface area (TPSA) is 38.1 Å². The highest BCUT2D eigenvalue weighted by Gasteiger charge is 2.19. The fourth-order valence-corrected chi connectivity index (χ4v) is 3.35. The molecule has 2 aromatic rings. The van der Waals surface area contributed by atoms with Crippen molar-refractivity contribution in [1.82, 2.24) is 14.5 Å². The van der Waals surface area contributed by atoms with E-state index in [4.69, 9.17) is 11.6 Å². The summed E-state index contributed by atoms with van der Waals surface area (Å²) in [5, 5.41) is 0.666. The number of hydrogen-bond donors (Lipinski definition) is 0. The third-order valence-electron chi connectivity index (χ3n) is 4.16. The van der Waals surface area contributed by atoms with Crippen LogP contribution in [-0.2, 0) is 5.88 Å². The second-order valence-electron chi connectivity index (χ2n) is 5.71. The van der Waals surface area contributed by atoms with E-state index >= 15 is 0 Å². The van der Waals surface area contributed by atoms with Crippen LogP contribution in [0.15, 0.2) is 29.1 Å². The largest absolute Gasteiger partial charge is 0.301 e. The maximum absolute atomic E-state index is 12.8. The molecule has 1 aromatic heterocycles. The van der Waals surface area contributed by atoms with Gasteiger partial charge in [-0.1, -0.05) is 12.1 Å². The standard InChI is InChI=1S/C16H20ClN3O/c1-12(11-19-8-4-5-9-19)20-15(10-17)18-14-7-3-2-6-13(14)16(20)21/h2-3,6-7,12H,4-5,8-11H2,1H3. The van der Waals surface area contributed by atoms with Gasteiger partial charge in [-0.3, -0.25) is 9.36 Å². The minimum atomic E-state index is 0.0166. The number of likely N-dealkylation sites (tertiary alicyclic amines) is 1. The van der Waals surface area contributed by atoms with Crippen LogP contribution < -0.4 is 5.56 Å². The number of rotatable bonds is 4. The summed E-state index contributed by atoms with van der Waals surface area (Å²) >= 11 is 6.03. The Morgan fingerprint density at radius 2 is 2.00 bits per heavy atom. The van der Waals surface area contributed by atoms with Gasteiger partial charge < -0.3 is 4.90 Å². The number of para-hydroxylation sites is 1. The van der Waals surface area contributed by atoms with E-state index in [9.17, 15) is 4.79 Å². The first-order valence-electron chi connectivity index (χ1n) is 7.49. The first-order chi connectivity index (χ1) is 10.2. The minimum absolute atomic E-state index is 0.0166. The van der Waals surface area contributed by atoms with Gasteiger partial charge in [0.25, 0.3) is 5.56 Å². The van der Waals surface area contributed by atoms with Crippen molar-refractivity contribution in [3.05, 3.63) is 40.4 Å². The van der Waals surface area contributed by atoms with Crippen LogP contribution >= 0.6 is 11.6 Å². The smallest absolute Gasteiger partial charge is 0.261 e. The number of fused-ring (bicyclic) bond motifs is 1. The molecule has 2 heterocycles. The summed E-state index contributed by atoms with van der Waals surface area (Å²) in [5.74, 6) is 0.914. The van der Waals surface area contributed by atoms with Crippen molar-refractivity contribution in [2.24, 2.45) is 0 Å². The highest BCUT2D eigenvalue weighted by atomic mass is 35.5. The predicted octanol–water partition coefficient (Wildman–Crippen LogP) is 2.79. The zero-order valence-electron chi connectivity index (χ0n) is 12.3. The van der Waals surface area contributed by atoms with Gasteiger partial charge in [-0.25, -0.2) is 4.98 Å². The van der Waals surface area contributed by atoms with Gasteiger partial charge in [-0.15, -0.1) is 11.6 Å². The first kappa shape index (κ1) is 14.5. The lowest BCUT2D eigenvalue weighted by Gasteiger charge is -2.24. The molecule has 21 heavy (non-hydrogen) atoms. The van der Waals surface area contributed by atoms with E-state index in [-0.39, 0.29) is 17.5 Å². The summed E-state index contributed by atoms with van der Waals surface area (Å²) in [6, 6.07) is 7.55. The summed E-state index contributed by atoms with van der Waals surface area (Å²) in [7, 11) is 0. The van der Waals surface area contributed by atoms with Crippen molar-refractivity contribution in [3.63, 3.8) is 0 Å². The molecule has 0 bridgehead atoms. The average Bonchev–Trinajstić information content (AvgIpc) is 2.99. The van der Waals surface area contributed by atoms with Gasteiger partial charge in [0.2, 0.25) is 0 Å². The van der Waals surface area contributed by atoms with Crippen molar-refractivity contribution in [3.8, 4) is 0 Å². The third-order valence-corrected chi connectivity index (χ3v) is 4.40. The molecule has 0 aliphatic carbocycles. The van der Waals surface area contributed by atoms with Crippen LogP contribution in [0.2, 0.25) is 0 Å². The molecule has 1 saturated heterocycles. The molecule has 1 atom stereocenters. The van der Waals surface area contributed by atoms with E-state index in [1.54, 1.807) is 4.57 Å². The molecular weight excluding hydrogens is 286 g/mol. The van der Waals surface area contributed by atoms with Gasteiger partial charge in [0.05, 0.1) is 16.8 Å². The normalized spacial score (nSPS) is 17.4. The Hall–Kier alpha value is -1.39. The molecular formula is C16H20ClN3O. The number of benzene rings is 1. The maximum Gasteiger partial charge on any atom is 0.261 e. The quantitative estimate of drug-likeness (QED) is 0.815. The molecule has 1 aliphatic rings. The molecule has 1 fully saturated rings. The van der Waals surface area contributed by atoms with Crippen LogP contribution in [0.4, 0.5) is 0 Å². The fraction of sp³-hybridized carbons (Fsp3) is 0.500. The van der Waals surface area contributed by atoms with Crippen molar-refractivity contribution in [2.75, 3.05) is 19.6 Å². The number of nitrogens with zero attached hydrogens (tertiary/aromatic N) is 3. The van der Waals surface area contributed by atoms with E-state index in [1.165, 1.54) is 12.8 Å². The molecule has 0 N–H and O–H groups in total. The maximum atomic E-state index is 12.8. The molecule has 0 radical (unpaired) electrons. The van der Waals surface area contributed by atoms with Gasteiger partial charge in [-0.05, 0) is 45.0 Å². The molecule has 0 spiro atoms. The van der Waals surface area contributed by atoms with Gasteiger partial charge >= 0.3 is 0 Å². The lowest BCUT2D eigenvalue weighted by molar-refractivity contribution is 0.282. The molecule has 3 rings (SSSR count). The van der Waals surface area contributed by atoms with Crippen molar-refractivity contribution >= 4 is 22.5 Å². The Morgan fingerprint density at radius 3 is 2.71 bits per heavy atom. The average molecular weight is 306 g/mol. The SMILES string of the molecule is CC(CN1CCCC1)n1c(CCl)nc2ccccc2c1=O. The highest BCUT2D eigenvalue weighted by Crippen LogP contribution is 2.17. The summed E-state index contributed by atoms with van der Waals surface area (Å²) in [6.07, 6.45) is 2.50. The van der Waals surface area contributed by atoms with Crippen LogP contribution in [0, 0.1) is 0 Å². The van der Waals surface area contributed by atoms with Gasteiger partial charge in [0, 0.05) is 12.6 Å². The Bertz CT molecular complexity index is 691. The predicted molar refractivity (Wildman–Crippen MR) is 85.9 cm³/mol. The van der Waals surface area contributed by atoms with Crippen LogP contribution in [0.25, 0.3) is 10.9 Å². The van der Waals surface area contributed by atoms with E-state index < -0.39 is 0 Å². The summed E-state index contributed by atoms with van der Waals surface area (Å²) in [4.78, 5) is 19.7. The second-order valence-corrected chi connectivity index (χ2v) is 5.98. The van der Waals surface area contributed by atoms with Crippen LogP contribution in [0.1, 0.15) is 31.6 Å². The lowest BCUT2D eigenvalue weighted by Crippen LogP contribution is -2.34. The van der Waals surface area contributed by atoms with E-state index in [0.717, 1.165) is 25.2 Å². The third kappa shape index (κ3) is 2.83. The van der Waals surface area contributed by atoms with Crippen molar-refractivity contribution < 1.29 is 0 Å². The minimum Gasteiger partial charge on any atom is -0.301 e. The molecule has 5 heteroatoms. The summed E-state index contributed by atoms with van der Waals surface area (Å²) in [6.45, 7) is 5.20. The van der Waals surface area contributed by atoms with E-state index in [2.05, 4.69) is 16.8 Å². The van der Waals surface area contributed by atoms with E-state index in [1.807, 2.05) is 24.3 Å². The summed E-state index contributed by atoms with van der Waals surface area (Å²) < 4.78 is 1.77. The molecule has 0 saturated carbocycles. The number of alkyl halides is 1. The molecule has 4 nitrogen and oxygen atoms in total. The van der Waals surface area contributed by atoms with Crippen molar-refractivity contribution in [2.45, 2.75) is 31.7 Å². The summed E-state index contributed by atoms with van der Waals surface area (Å²) in [5.41, 5.74) is 0.741. The molecule has 1 aromatic carbocycles. The fourth-order valence-electron chi connectivity index (χ4n) is 3.16. The first-order valence-corrected chi connectivity index (χ1v) is 8.02. The Balaban J connectivity index is 2.03. The number of aromatic nitrogens is 2. The Labute approximate surface area is 129 Å². The zero-order chi connectivity index (χ0) is 14.8. The zero-order valence-corrected chi connectivity index (χ0v) is 13.0. The van der Waals surface area contributed by atoms with Crippen LogP contribution in [0.5, 0.6) is 0 Å². The highest BCUT2D eigenvalue weighted by molar-refractivity contribution is 6.16. The molecule has 112 valence electrons. The van der Waals surface area contributed by atoms with Crippen LogP contribution in [0.3, 0.4) is 0 Å². The molecule has 1 aliphatic heterocycles. The van der Waals surface area contributed by atoms with Crippen LogP contribution in [-0.4, -0.2) is 34.1 Å². The number of halogens is 1. The van der Waals surface area contributed by atoms with Gasteiger partial charge in [0.15, 0.2) is 0 Å². The Kier molecular flexibility index (Phi) is 4.27.